The summed E-state index contributed by atoms with van der Waals surface area (Å²) in [7, 11) is 0. The molecule has 17 heavy (non-hydrogen) atoms. The minimum absolute atomic E-state index is 0.184. The molecule has 1 rings (SSSR count). The number of unbranched alkanes of at least 4 members (excludes halogenated alkanes) is 2. The van der Waals surface area contributed by atoms with Gasteiger partial charge in [-0.3, -0.25) is 0 Å². The highest BCUT2D eigenvalue weighted by Gasteiger charge is 2.06. The molecule has 0 saturated carbocycles. The lowest BCUT2D eigenvalue weighted by atomic mass is 10.1. The third-order valence-electron chi connectivity index (χ3n) is 2.57. The molecule has 0 aliphatic carbocycles. The van der Waals surface area contributed by atoms with Crippen LogP contribution >= 0.6 is 23.4 Å². The predicted molar refractivity (Wildman–Crippen MR) is 79.1 cm³/mol. The summed E-state index contributed by atoms with van der Waals surface area (Å²) in [6.07, 6.45) is 4.76. The lowest BCUT2D eigenvalue weighted by Gasteiger charge is -2.11. The summed E-state index contributed by atoms with van der Waals surface area (Å²) in [5.41, 5.74) is 7.15. The van der Waals surface area contributed by atoms with Gasteiger partial charge in [-0.05, 0) is 49.3 Å². The molecule has 3 heteroatoms. The number of benzene rings is 1. The summed E-state index contributed by atoms with van der Waals surface area (Å²) in [6, 6.07) is 6.32. The van der Waals surface area contributed by atoms with Gasteiger partial charge in [-0.2, -0.15) is 0 Å². The van der Waals surface area contributed by atoms with Crippen molar-refractivity contribution in [2.75, 3.05) is 5.75 Å². The van der Waals surface area contributed by atoms with Crippen LogP contribution in [0.25, 0.3) is 0 Å². The predicted octanol–water partition coefficient (Wildman–Crippen LogP) is 4.51. The average Bonchev–Trinajstić information content (AvgIpc) is 2.26. The van der Waals surface area contributed by atoms with Crippen LogP contribution in [0.5, 0.6) is 0 Å². The fourth-order valence-electron chi connectivity index (χ4n) is 1.73. The molecule has 1 aromatic carbocycles. The van der Waals surface area contributed by atoms with E-state index < -0.39 is 0 Å². The molecule has 0 amide bonds. The number of hydrogen-bond donors (Lipinski definition) is 1. The Hall–Kier alpha value is -0.180. The summed E-state index contributed by atoms with van der Waals surface area (Å²) < 4.78 is 0. The third-order valence-corrected chi connectivity index (χ3v) is 4.01. The van der Waals surface area contributed by atoms with Gasteiger partial charge in [0.25, 0.3) is 0 Å². The third kappa shape index (κ3) is 5.80. The van der Waals surface area contributed by atoms with Gasteiger partial charge in [-0.15, -0.1) is 11.8 Å². The Labute approximate surface area is 114 Å². The van der Waals surface area contributed by atoms with Gasteiger partial charge in [-0.25, -0.2) is 0 Å². The Bertz CT molecular complexity index is 339. The molecule has 0 aliphatic heterocycles. The Kier molecular flexibility index (Phi) is 7.02. The zero-order chi connectivity index (χ0) is 12.7. The smallest absolute Gasteiger partial charge is 0.0409 e. The molecule has 0 aromatic heterocycles. The molecule has 0 saturated heterocycles. The first kappa shape index (κ1) is 14.9. The fraction of sp³-hybridized carbons (Fsp3) is 0.571. The Balaban J connectivity index is 2.62. The molecule has 2 N–H and O–H groups in total. The van der Waals surface area contributed by atoms with Gasteiger partial charge in [0.15, 0.2) is 0 Å². The molecule has 1 nitrogen and oxygen atoms in total. The van der Waals surface area contributed by atoms with Crippen LogP contribution in [-0.4, -0.2) is 11.8 Å². The summed E-state index contributed by atoms with van der Waals surface area (Å²) in [4.78, 5) is 1.34. The zero-order valence-electron chi connectivity index (χ0n) is 10.7. The maximum atomic E-state index is 6.03. The Morgan fingerprint density at radius 3 is 2.76 bits per heavy atom. The highest BCUT2D eigenvalue weighted by Crippen LogP contribution is 2.27. The van der Waals surface area contributed by atoms with Crippen molar-refractivity contribution in [2.45, 2.75) is 50.5 Å². The van der Waals surface area contributed by atoms with Gasteiger partial charge >= 0.3 is 0 Å². The van der Waals surface area contributed by atoms with Crippen molar-refractivity contribution >= 4 is 23.4 Å². The van der Waals surface area contributed by atoms with E-state index in [4.69, 9.17) is 17.3 Å². The first-order valence-corrected chi connectivity index (χ1v) is 7.66. The van der Waals surface area contributed by atoms with Crippen LogP contribution in [0.3, 0.4) is 0 Å². The fourth-order valence-corrected chi connectivity index (χ4v) is 2.98. The van der Waals surface area contributed by atoms with Crippen LogP contribution in [0.15, 0.2) is 23.1 Å². The summed E-state index contributed by atoms with van der Waals surface area (Å²) in [6.45, 7) is 4.26. The largest absolute Gasteiger partial charge is 0.328 e. The van der Waals surface area contributed by atoms with Gasteiger partial charge < -0.3 is 5.73 Å². The van der Waals surface area contributed by atoms with Crippen molar-refractivity contribution in [3.63, 3.8) is 0 Å². The lowest BCUT2D eigenvalue weighted by Crippen LogP contribution is -2.18. The molecule has 0 bridgehead atoms. The number of thioether (sulfide) groups is 1. The lowest BCUT2D eigenvalue weighted by molar-refractivity contribution is 0.729. The SMILES string of the molecule is CCCCCSc1ccc(Cl)cc1CC(C)N. The van der Waals surface area contributed by atoms with Crippen LogP contribution in [0.1, 0.15) is 38.7 Å². The molecule has 1 aromatic rings. The Morgan fingerprint density at radius 1 is 1.35 bits per heavy atom. The number of halogens is 1. The molecule has 96 valence electrons. The molecule has 1 unspecified atom stereocenters. The van der Waals surface area contributed by atoms with E-state index in [0.29, 0.717) is 0 Å². The van der Waals surface area contributed by atoms with Crippen LogP contribution in [0.4, 0.5) is 0 Å². The van der Waals surface area contributed by atoms with Crippen molar-refractivity contribution in [1.29, 1.82) is 0 Å². The second-order valence-electron chi connectivity index (χ2n) is 4.49. The zero-order valence-corrected chi connectivity index (χ0v) is 12.3. The highest BCUT2D eigenvalue weighted by molar-refractivity contribution is 7.99. The van der Waals surface area contributed by atoms with E-state index >= 15 is 0 Å². The van der Waals surface area contributed by atoms with E-state index in [1.807, 2.05) is 30.8 Å². The molecular weight excluding hydrogens is 250 g/mol. The van der Waals surface area contributed by atoms with Crippen molar-refractivity contribution in [2.24, 2.45) is 5.73 Å². The molecule has 0 aliphatic rings. The van der Waals surface area contributed by atoms with E-state index in [2.05, 4.69) is 13.0 Å². The van der Waals surface area contributed by atoms with Crippen molar-refractivity contribution in [1.82, 2.24) is 0 Å². The summed E-state index contributed by atoms with van der Waals surface area (Å²) in [5.74, 6) is 1.18. The van der Waals surface area contributed by atoms with Crippen LogP contribution in [-0.2, 0) is 6.42 Å². The topological polar surface area (TPSA) is 26.0 Å². The summed E-state index contributed by atoms with van der Waals surface area (Å²) in [5, 5.41) is 0.804. The first-order chi connectivity index (χ1) is 8.13. The molecular formula is C14H22ClNS. The van der Waals surface area contributed by atoms with E-state index in [-0.39, 0.29) is 6.04 Å². The van der Waals surface area contributed by atoms with Gasteiger partial charge in [0.2, 0.25) is 0 Å². The van der Waals surface area contributed by atoms with Gasteiger partial charge in [0, 0.05) is 16.0 Å². The van der Waals surface area contributed by atoms with E-state index in [0.717, 1.165) is 11.4 Å². The van der Waals surface area contributed by atoms with Crippen LogP contribution < -0.4 is 5.73 Å². The van der Waals surface area contributed by atoms with Gasteiger partial charge in [-0.1, -0.05) is 31.4 Å². The first-order valence-electron chi connectivity index (χ1n) is 6.30. The Morgan fingerprint density at radius 2 is 2.12 bits per heavy atom. The van der Waals surface area contributed by atoms with Crippen molar-refractivity contribution in [3.8, 4) is 0 Å². The van der Waals surface area contributed by atoms with Crippen LogP contribution in [0, 0.1) is 0 Å². The van der Waals surface area contributed by atoms with Crippen molar-refractivity contribution < 1.29 is 0 Å². The highest BCUT2D eigenvalue weighted by atomic mass is 35.5. The van der Waals surface area contributed by atoms with Gasteiger partial charge in [0.1, 0.15) is 0 Å². The molecule has 0 radical (unpaired) electrons. The maximum absolute atomic E-state index is 6.03. The molecule has 0 fully saturated rings. The number of rotatable bonds is 7. The maximum Gasteiger partial charge on any atom is 0.0409 e. The normalized spacial score (nSPS) is 12.7. The van der Waals surface area contributed by atoms with E-state index in [9.17, 15) is 0 Å². The quantitative estimate of drug-likeness (QED) is 0.583. The second kappa shape index (κ2) is 8.02. The average molecular weight is 272 g/mol. The second-order valence-corrected chi connectivity index (χ2v) is 6.06. The number of hydrogen-bond acceptors (Lipinski definition) is 2. The molecule has 1 atom stereocenters. The minimum atomic E-state index is 0.184. The van der Waals surface area contributed by atoms with Crippen molar-refractivity contribution in [3.05, 3.63) is 28.8 Å². The van der Waals surface area contributed by atoms with Gasteiger partial charge in [0.05, 0.1) is 0 Å². The monoisotopic (exact) mass is 271 g/mol. The van der Waals surface area contributed by atoms with Crippen LogP contribution in [0.2, 0.25) is 5.02 Å². The van der Waals surface area contributed by atoms with E-state index in [1.54, 1.807) is 0 Å². The number of nitrogens with two attached hydrogens (primary N) is 1. The molecule has 0 heterocycles. The standard InChI is InChI=1S/C14H22ClNS/c1-3-4-5-8-17-14-7-6-13(15)10-12(14)9-11(2)16/h6-7,10-11H,3-5,8-9,16H2,1-2H3. The minimum Gasteiger partial charge on any atom is -0.328 e. The van der Waals surface area contributed by atoms with E-state index in [1.165, 1.54) is 35.5 Å². The summed E-state index contributed by atoms with van der Waals surface area (Å²) >= 11 is 7.96. The molecule has 0 spiro atoms.